The number of halogens is 1. The van der Waals surface area contributed by atoms with Crippen LogP contribution in [0.2, 0.25) is 5.02 Å². The fraction of sp³-hybridized carbons (Fsp3) is 0.345. The number of anilines is 7. The molecule has 0 aliphatic rings. The molecule has 0 atom stereocenters. The van der Waals surface area contributed by atoms with Gasteiger partial charge in [0.15, 0.2) is 5.82 Å². The Kier molecular flexibility index (Phi) is 11.6. The minimum atomic E-state index is -3.54. The molecule has 1 aromatic heterocycles. The van der Waals surface area contributed by atoms with Crippen LogP contribution in [0.3, 0.4) is 0 Å². The molecule has 0 aliphatic heterocycles. The van der Waals surface area contributed by atoms with E-state index >= 15 is 0 Å². The van der Waals surface area contributed by atoms with Crippen LogP contribution >= 0.6 is 11.6 Å². The van der Waals surface area contributed by atoms with Gasteiger partial charge in [0, 0.05) is 26.2 Å². The lowest BCUT2D eigenvalue weighted by Crippen LogP contribution is -2.29. The van der Waals surface area contributed by atoms with Crippen LogP contribution in [0.5, 0.6) is 5.75 Å². The smallest absolute Gasteiger partial charge is 0.247 e. The molecule has 4 N–H and O–H groups in total. The number of rotatable bonds is 15. The minimum Gasteiger partial charge on any atom is -0.494 e. The number of ether oxygens (including phenoxy) is 1. The molecule has 3 aromatic rings. The second kappa shape index (κ2) is 14.9. The molecule has 3 rings (SSSR count). The summed E-state index contributed by atoms with van der Waals surface area (Å²) in [5.74, 6) is 0.485. The third-order valence-corrected chi connectivity index (χ3v) is 8.02. The summed E-state index contributed by atoms with van der Waals surface area (Å²) < 4.78 is 33.2. The number of hydrogen-bond acceptors (Lipinski definition) is 10. The van der Waals surface area contributed by atoms with E-state index in [2.05, 4.69) is 42.1 Å². The second-order valence-electron chi connectivity index (χ2n) is 9.83. The van der Waals surface area contributed by atoms with E-state index < -0.39 is 10.0 Å². The lowest BCUT2D eigenvalue weighted by molar-refractivity contribution is -0.111. The van der Waals surface area contributed by atoms with Crippen LogP contribution in [0.1, 0.15) is 19.4 Å². The molecule has 0 saturated heterocycles. The van der Waals surface area contributed by atoms with Crippen molar-refractivity contribution in [2.24, 2.45) is 0 Å². The highest BCUT2D eigenvalue weighted by molar-refractivity contribution is 7.92. The van der Waals surface area contributed by atoms with Gasteiger partial charge in [-0.2, -0.15) is 4.98 Å². The number of likely N-dealkylation sites (N-methyl/N-ethyl adjacent to an activating group) is 2. The summed E-state index contributed by atoms with van der Waals surface area (Å²) in [6.45, 7) is 8.56. The molecule has 1 heterocycles. The maximum Gasteiger partial charge on any atom is 0.247 e. The first-order valence-electron chi connectivity index (χ1n) is 13.6. The van der Waals surface area contributed by atoms with Gasteiger partial charge in [-0.15, -0.1) is 0 Å². The van der Waals surface area contributed by atoms with E-state index in [4.69, 9.17) is 16.3 Å². The maximum atomic E-state index is 12.4. The van der Waals surface area contributed by atoms with E-state index in [1.54, 1.807) is 26.2 Å². The minimum absolute atomic E-state index is 0.0753. The van der Waals surface area contributed by atoms with Gasteiger partial charge in [-0.3, -0.25) is 9.52 Å². The van der Waals surface area contributed by atoms with Crippen molar-refractivity contribution < 1.29 is 17.9 Å². The van der Waals surface area contributed by atoms with E-state index in [0.717, 1.165) is 17.8 Å². The molecule has 12 nitrogen and oxygen atoms in total. The van der Waals surface area contributed by atoms with Crippen molar-refractivity contribution >= 4 is 67.7 Å². The maximum absolute atomic E-state index is 12.4. The van der Waals surface area contributed by atoms with Gasteiger partial charge in [0.1, 0.15) is 10.8 Å². The van der Waals surface area contributed by atoms with Crippen LogP contribution in [-0.2, 0) is 21.2 Å². The molecule has 0 radical (unpaired) electrons. The van der Waals surface area contributed by atoms with Crippen LogP contribution in [0.4, 0.5) is 40.2 Å². The third-order valence-electron chi connectivity index (χ3n) is 6.47. The van der Waals surface area contributed by atoms with E-state index in [1.165, 1.54) is 12.3 Å². The summed E-state index contributed by atoms with van der Waals surface area (Å²) in [6, 6.07) is 8.95. The number of benzene rings is 2. The van der Waals surface area contributed by atoms with Gasteiger partial charge in [0.05, 0.1) is 47.5 Å². The Bertz CT molecular complexity index is 1570. The molecule has 0 spiro atoms. The van der Waals surface area contributed by atoms with Crippen molar-refractivity contribution in [2.75, 3.05) is 72.7 Å². The number of aromatic nitrogens is 2. The van der Waals surface area contributed by atoms with Gasteiger partial charge in [-0.05, 0) is 51.2 Å². The predicted molar refractivity (Wildman–Crippen MR) is 176 cm³/mol. The quantitative estimate of drug-likeness (QED) is 0.168. The van der Waals surface area contributed by atoms with E-state index in [0.29, 0.717) is 41.5 Å². The highest BCUT2D eigenvalue weighted by Gasteiger charge is 2.19. The third kappa shape index (κ3) is 8.96. The average molecular weight is 631 g/mol. The van der Waals surface area contributed by atoms with Gasteiger partial charge < -0.3 is 30.5 Å². The zero-order valence-electron chi connectivity index (χ0n) is 25.3. The summed E-state index contributed by atoms with van der Waals surface area (Å²) in [6.07, 6.45) is 3.23. The highest BCUT2D eigenvalue weighted by Crippen LogP contribution is 2.38. The zero-order valence-corrected chi connectivity index (χ0v) is 26.9. The molecule has 43 heavy (non-hydrogen) atoms. The summed E-state index contributed by atoms with van der Waals surface area (Å²) in [5.41, 5.74) is 3.49. The average Bonchev–Trinajstić information content (AvgIpc) is 2.98. The predicted octanol–water partition coefficient (Wildman–Crippen LogP) is 5.07. The first-order chi connectivity index (χ1) is 20.4. The molecule has 232 valence electrons. The topological polar surface area (TPSA) is 141 Å². The Hall–Kier alpha value is -4.07. The second-order valence-corrected chi connectivity index (χ2v) is 12.2. The molecule has 2 aromatic carbocycles. The van der Waals surface area contributed by atoms with Gasteiger partial charge in [0.2, 0.25) is 21.9 Å². The number of aryl methyl sites for hydroxylation is 1. The van der Waals surface area contributed by atoms with Crippen LogP contribution < -0.4 is 30.3 Å². The van der Waals surface area contributed by atoms with Crippen LogP contribution in [0.15, 0.2) is 49.2 Å². The molecule has 0 bridgehead atoms. The van der Waals surface area contributed by atoms with Crippen LogP contribution in [0.25, 0.3) is 0 Å². The number of carbonyl (C=O) groups is 1. The largest absolute Gasteiger partial charge is 0.494 e. The summed E-state index contributed by atoms with van der Waals surface area (Å²) in [4.78, 5) is 25.2. The number of para-hydroxylation sites is 1. The number of nitrogens with zero attached hydrogens (tertiary/aromatic N) is 4. The fourth-order valence-corrected chi connectivity index (χ4v) is 4.85. The number of carbonyl (C=O) groups excluding carboxylic acids is 1. The summed E-state index contributed by atoms with van der Waals surface area (Å²) >= 11 is 6.46. The molecule has 1 amide bonds. The van der Waals surface area contributed by atoms with Crippen molar-refractivity contribution in [1.82, 2.24) is 14.9 Å². The van der Waals surface area contributed by atoms with Gasteiger partial charge >= 0.3 is 0 Å². The first kappa shape index (κ1) is 33.4. The lowest BCUT2D eigenvalue weighted by atomic mass is 10.1. The van der Waals surface area contributed by atoms with E-state index in [-0.39, 0.29) is 28.4 Å². The molecule has 14 heteroatoms. The van der Waals surface area contributed by atoms with Gasteiger partial charge in [0.25, 0.3) is 0 Å². The van der Waals surface area contributed by atoms with Gasteiger partial charge in [-0.1, -0.05) is 37.2 Å². The number of amides is 1. The normalized spacial score (nSPS) is 11.2. The first-order valence-corrected chi connectivity index (χ1v) is 15.6. The Morgan fingerprint density at radius 1 is 1.09 bits per heavy atom. The Balaban J connectivity index is 2.01. The van der Waals surface area contributed by atoms with Crippen molar-refractivity contribution in [3.05, 3.63) is 59.8 Å². The Morgan fingerprint density at radius 3 is 2.47 bits per heavy atom. The Morgan fingerprint density at radius 2 is 1.84 bits per heavy atom. The molecular weight excluding hydrogens is 592 g/mol. The van der Waals surface area contributed by atoms with Crippen molar-refractivity contribution in [2.45, 2.75) is 20.3 Å². The molecular formula is C29H39ClN8O4S. The number of sulfonamides is 1. The van der Waals surface area contributed by atoms with Crippen molar-refractivity contribution in [1.29, 1.82) is 0 Å². The van der Waals surface area contributed by atoms with Gasteiger partial charge in [-0.25, -0.2) is 13.4 Å². The SMILES string of the molecule is C=CC(=O)Nc1cc(Nc2ncc(Cl)c(Nc3cccc(CC)c3NS(=O)(=O)CC)n2)c(OC)cc1N(C)CCN(C)C. The standard InChI is InChI=1S/C29H39ClN8O4S/c1-8-19-12-11-13-21(27(19)36-43(40,41)10-3)33-28-20(30)18-31-29(35-28)34-23-16-22(32-26(39)9-2)24(17-25(23)42-7)38(6)15-14-37(4)5/h9,11-13,16-18,36H,2,8,10,14-15H2,1,3-7H3,(H,32,39)(H2,31,33,34,35). The number of hydrogen-bond donors (Lipinski definition) is 4. The molecule has 0 saturated carbocycles. The van der Waals surface area contributed by atoms with Crippen LogP contribution in [-0.4, -0.2) is 76.3 Å². The van der Waals surface area contributed by atoms with E-state index in [1.807, 2.05) is 51.2 Å². The number of nitrogens with one attached hydrogen (secondary N) is 4. The zero-order chi connectivity index (χ0) is 31.7. The Labute approximate surface area is 258 Å². The van der Waals surface area contributed by atoms with Crippen molar-refractivity contribution in [3.8, 4) is 5.75 Å². The van der Waals surface area contributed by atoms with Crippen LogP contribution in [0, 0.1) is 0 Å². The monoisotopic (exact) mass is 630 g/mol. The molecule has 0 unspecified atom stereocenters. The summed E-state index contributed by atoms with van der Waals surface area (Å²) in [7, 11) is 3.90. The fourth-order valence-electron chi connectivity index (χ4n) is 4.02. The van der Waals surface area contributed by atoms with Crippen molar-refractivity contribution in [3.63, 3.8) is 0 Å². The highest BCUT2D eigenvalue weighted by atomic mass is 35.5. The van der Waals surface area contributed by atoms with E-state index in [9.17, 15) is 13.2 Å². The summed E-state index contributed by atoms with van der Waals surface area (Å²) in [5, 5.41) is 9.38. The molecule has 0 fully saturated rings. The molecule has 0 aliphatic carbocycles. The lowest BCUT2D eigenvalue weighted by Gasteiger charge is -2.26. The number of methoxy groups -OCH3 is 1.